The molecule has 0 spiro atoms. The van der Waals surface area contributed by atoms with E-state index in [1.54, 1.807) is 23.1 Å². The van der Waals surface area contributed by atoms with Crippen LogP contribution in [0.5, 0.6) is 11.5 Å². The summed E-state index contributed by atoms with van der Waals surface area (Å²) < 4.78 is 17.7. The quantitative estimate of drug-likeness (QED) is 0.343. The number of hydrogen-bond acceptors (Lipinski definition) is 7. The van der Waals surface area contributed by atoms with Gasteiger partial charge in [0.1, 0.15) is 4.32 Å². The molecule has 0 aliphatic carbocycles. The third-order valence-corrected chi connectivity index (χ3v) is 7.26. The fraction of sp³-hybridized carbons (Fsp3) is 0.370. The van der Waals surface area contributed by atoms with Crippen molar-refractivity contribution in [2.24, 2.45) is 0 Å². The molecule has 0 bridgehead atoms. The second-order valence-corrected chi connectivity index (χ2v) is 10.1. The number of anilines is 1. The third kappa shape index (κ3) is 6.46. The first-order chi connectivity index (χ1) is 17.5. The molecule has 2 amide bonds. The maximum atomic E-state index is 13.0. The molecule has 2 heterocycles. The van der Waals surface area contributed by atoms with Crippen molar-refractivity contribution in [3.8, 4) is 11.5 Å². The molecular formula is C27H30N2O5S2. The molecule has 2 aromatic rings. The van der Waals surface area contributed by atoms with Crippen LogP contribution in [0.4, 0.5) is 5.69 Å². The number of thioether (sulfide) groups is 1. The molecule has 2 aliphatic heterocycles. The predicted octanol–water partition coefficient (Wildman–Crippen LogP) is 5.05. The van der Waals surface area contributed by atoms with Gasteiger partial charge in [-0.05, 0) is 61.6 Å². The summed E-state index contributed by atoms with van der Waals surface area (Å²) in [6.45, 7) is 5.42. The number of nitrogens with one attached hydrogen (secondary N) is 1. The number of benzene rings is 2. The molecule has 4 rings (SSSR count). The summed E-state index contributed by atoms with van der Waals surface area (Å²) in [6, 6.07) is 13.1. The number of amides is 2. The van der Waals surface area contributed by atoms with Gasteiger partial charge in [-0.15, -0.1) is 0 Å². The Balaban J connectivity index is 1.42. The van der Waals surface area contributed by atoms with Gasteiger partial charge in [-0.1, -0.05) is 55.2 Å². The summed E-state index contributed by atoms with van der Waals surface area (Å²) in [5.41, 5.74) is 2.63. The van der Waals surface area contributed by atoms with Gasteiger partial charge in [-0.2, -0.15) is 0 Å². The van der Waals surface area contributed by atoms with Gasteiger partial charge in [0.2, 0.25) is 0 Å². The third-order valence-electron chi connectivity index (χ3n) is 5.88. The lowest BCUT2D eigenvalue weighted by Gasteiger charge is -2.18. The van der Waals surface area contributed by atoms with Gasteiger partial charge in [-0.3, -0.25) is 14.5 Å². The van der Waals surface area contributed by atoms with E-state index in [0.717, 1.165) is 42.7 Å². The van der Waals surface area contributed by atoms with Gasteiger partial charge in [0, 0.05) is 12.3 Å². The second kappa shape index (κ2) is 12.4. The van der Waals surface area contributed by atoms with Gasteiger partial charge in [0.15, 0.2) is 18.1 Å². The summed E-state index contributed by atoms with van der Waals surface area (Å²) in [5.74, 6) is 0.599. The van der Waals surface area contributed by atoms with Crippen molar-refractivity contribution in [2.75, 3.05) is 31.7 Å². The minimum Gasteiger partial charge on any atom is -0.490 e. The van der Waals surface area contributed by atoms with E-state index < -0.39 is 0 Å². The van der Waals surface area contributed by atoms with E-state index in [1.165, 1.54) is 11.8 Å². The highest BCUT2D eigenvalue weighted by Crippen LogP contribution is 2.35. The summed E-state index contributed by atoms with van der Waals surface area (Å²) in [5, 5.41) is 2.90. The van der Waals surface area contributed by atoms with Gasteiger partial charge in [-0.25, -0.2) is 0 Å². The Bertz CT molecular complexity index is 1160. The smallest absolute Gasteiger partial charge is 0.266 e. The number of rotatable bonds is 10. The highest BCUT2D eigenvalue weighted by molar-refractivity contribution is 8.26. The lowest BCUT2D eigenvalue weighted by molar-refractivity contribution is -0.123. The van der Waals surface area contributed by atoms with Crippen molar-refractivity contribution < 1.29 is 23.8 Å². The fourth-order valence-corrected chi connectivity index (χ4v) is 5.36. The summed E-state index contributed by atoms with van der Waals surface area (Å²) in [4.78, 5) is 27.6. The van der Waals surface area contributed by atoms with Crippen molar-refractivity contribution in [1.29, 1.82) is 0 Å². The van der Waals surface area contributed by atoms with Gasteiger partial charge in [0.05, 0.1) is 24.2 Å². The largest absolute Gasteiger partial charge is 0.490 e. The molecule has 2 fully saturated rings. The lowest BCUT2D eigenvalue weighted by Crippen LogP contribution is -2.35. The standard InChI is InChI=1S/C27H30N2O5S2/c1-3-19-8-5-6-10-21(19)28-25(30)17-34-22-12-11-18(14-23(22)32-4-2)15-24-26(31)29(27(35)36-24)16-20-9-7-13-33-20/h5-6,8,10-12,14-15,20H,3-4,7,9,13,16-17H2,1-2H3,(H,28,30)/b24-15-/t20-/m0/s1. The Labute approximate surface area is 221 Å². The molecule has 9 heteroatoms. The topological polar surface area (TPSA) is 77.1 Å². The monoisotopic (exact) mass is 526 g/mol. The Morgan fingerprint density at radius 3 is 2.81 bits per heavy atom. The number of hydrogen-bond donors (Lipinski definition) is 1. The van der Waals surface area contributed by atoms with Crippen molar-refractivity contribution >= 4 is 51.9 Å². The Hall–Kier alpha value is -2.88. The molecule has 0 saturated carbocycles. The molecule has 0 radical (unpaired) electrons. The number of carbonyl (C=O) groups is 2. The summed E-state index contributed by atoms with van der Waals surface area (Å²) >= 11 is 6.73. The van der Waals surface area contributed by atoms with Crippen molar-refractivity contribution in [2.45, 2.75) is 39.2 Å². The minimum absolute atomic E-state index is 0.0421. The maximum Gasteiger partial charge on any atom is 0.266 e. The first-order valence-corrected chi connectivity index (χ1v) is 13.3. The van der Waals surface area contributed by atoms with E-state index >= 15 is 0 Å². The molecule has 36 heavy (non-hydrogen) atoms. The Kier molecular flexibility index (Phi) is 9.01. The Morgan fingerprint density at radius 2 is 2.06 bits per heavy atom. The summed E-state index contributed by atoms with van der Waals surface area (Å²) in [7, 11) is 0. The van der Waals surface area contributed by atoms with E-state index in [1.807, 2.05) is 44.2 Å². The van der Waals surface area contributed by atoms with Crippen LogP contribution in [0.2, 0.25) is 0 Å². The van der Waals surface area contributed by atoms with Gasteiger partial charge in [0.25, 0.3) is 11.8 Å². The van der Waals surface area contributed by atoms with Crippen molar-refractivity contribution in [3.63, 3.8) is 0 Å². The van der Waals surface area contributed by atoms with Crippen LogP contribution in [0.25, 0.3) is 6.08 Å². The van der Waals surface area contributed by atoms with Crippen LogP contribution in [-0.4, -0.2) is 53.5 Å². The highest BCUT2D eigenvalue weighted by Gasteiger charge is 2.34. The minimum atomic E-state index is -0.252. The molecule has 2 saturated heterocycles. The number of ether oxygens (including phenoxy) is 3. The van der Waals surface area contributed by atoms with E-state index in [4.69, 9.17) is 26.4 Å². The molecular weight excluding hydrogens is 496 g/mol. The molecule has 190 valence electrons. The van der Waals surface area contributed by atoms with Crippen LogP contribution in [0, 0.1) is 0 Å². The van der Waals surface area contributed by atoms with Crippen LogP contribution >= 0.6 is 24.0 Å². The molecule has 1 N–H and O–H groups in total. The van der Waals surface area contributed by atoms with Crippen molar-refractivity contribution in [1.82, 2.24) is 4.90 Å². The zero-order chi connectivity index (χ0) is 25.5. The molecule has 0 aromatic heterocycles. The zero-order valence-corrected chi connectivity index (χ0v) is 22.1. The SMILES string of the molecule is CCOc1cc(/C=C2\SC(=S)N(C[C@@H]3CCCO3)C2=O)ccc1OCC(=O)Nc1ccccc1CC. The number of thiocarbonyl (C=S) groups is 1. The Morgan fingerprint density at radius 1 is 1.22 bits per heavy atom. The second-order valence-electron chi connectivity index (χ2n) is 8.41. The first kappa shape index (κ1) is 26.2. The van der Waals surface area contributed by atoms with Gasteiger partial charge < -0.3 is 19.5 Å². The van der Waals surface area contributed by atoms with E-state index in [2.05, 4.69) is 5.32 Å². The van der Waals surface area contributed by atoms with Crippen LogP contribution < -0.4 is 14.8 Å². The number of aryl methyl sites for hydroxylation is 1. The average Bonchev–Trinajstić information content (AvgIpc) is 3.48. The number of para-hydroxylation sites is 1. The predicted molar refractivity (Wildman–Crippen MR) is 146 cm³/mol. The number of nitrogens with zero attached hydrogens (tertiary/aromatic N) is 1. The molecule has 7 nitrogen and oxygen atoms in total. The van der Waals surface area contributed by atoms with Crippen molar-refractivity contribution in [3.05, 3.63) is 58.5 Å². The van der Waals surface area contributed by atoms with Crippen LogP contribution in [0.1, 0.15) is 37.8 Å². The zero-order valence-electron chi connectivity index (χ0n) is 20.5. The van der Waals surface area contributed by atoms with E-state index in [9.17, 15) is 9.59 Å². The molecule has 0 unspecified atom stereocenters. The first-order valence-electron chi connectivity index (χ1n) is 12.1. The molecule has 2 aromatic carbocycles. The lowest BCUT2D eigenvalue weighted by atomic mass is 10.1. The van der Waals surface area contributed by atoms with Crippen LogP contribution in [0.15, 0.2) is 47.4 Å². The van der Waals surface area contributed by atoms with Gasteiger partial charge >= 0.3 is 0 Å². The molecule has 1 atom stereocenters. The van der Waals surface area contributed by atoms with E-state index in [0.29, 0.717) is 33.9 Å². The average molecular weight is 527 g/mol. The fourth-order valence-electron chi connectivity index (χ4n) is 4.08. The van der Waals surface area contributed by atoms with Crippen LogP contribution in [0.3, 0.4) is 0 Å². The summed E-state index contributed by atoms with van der Waals surface area (Å²) in [6.07, 6.45) is 4.62. The highest BCUT2D eigenvalue weighted by atomic mass is 32.2. The van der Waals surface area contributed by atoms with Crippen LogP contribution in [-0.2, 0) is 20.7 Å². The van der Waals surface area contributed by atoms with E-state index in [-0.39, 0.29) is 24.5 Å². The number of carbonyl (C=O) groups excluding carboxylic acids is 2. The maximum absolute atomic E-state index is 13.0. The molecule has 2 aliphatic rings. The normalized spacial score (nSPS) is 18.7.